The predicted molar refractivity (Wildman–Crippen MR) is 125 cm³/mol. The van der Waals surface area contributed by atoms with Gasteiger partial charge < -0.3 is 14.4 Å². The number of benzene rings is 2. The van der Waals surface area contributed by atoms with Gasteiger partial charge in [0, 0.05) is 30.8 Å². The zero-order valence-electron chi connectivity index (χ0n) is 18.4. The Hall–Kier alpha value is -2.97. The number of carbonyl (C=O) groups is 1. The SMILES string of the molecule is COc1ccccc1CN(CC1CCCO1)C(=O)Cn1c(-c2ccc(C)cc2)n[nH]c1=S. The van der Waals surface area contributed by atoms with Gasteiger partial charge in [-0.15, -0.1) is 0 Å². The molecular weight excluding hydrogens is 424 g/mol. The van der Waals surface area contributed by atoms with Crippen molar-refractivity contribution >= 4 is 18.1 Å². The number of nitrogens with one attached hydrogen (secondary N) is 1. The monoisotopic (exact) mass is 452 g/mol. The Morgan fingerprint density at radius 2 is 2.06 bits per heavy atom. The first-order valence-corrected chi connectivity index (χ1v) is 11.2. The van der Waals surface area contributed by atoms with Gasteiger partial charge >= 0.3 is 0 Å². The van der Waals surface area contributed by atoms with Crippen molar-refractivity contribution in [3.05, 3.63) is 64.4 Å². The number of hydrogen-bond donors (Lipinski definition) is 1. The summed E-state index contributed by atoms with van der Waals surface area (Å²) in [6.07, 6.45) is 2.02. The first-order chi connectivity index (χ1) is 15.5. The highest BCUT2D eigenvalue weighted by atomic mass is 32.1. The molecule has 0 radical (unpaired) electrons. The molecule has 32 heavy (non-hydrogen) atoms. The van der Waals surface area contributed by atoms with E-state index in [9.17, 15) is 4.79 Å². The van der Waals surface area contributed by atoms with Gasteiger partial charge in [-0.3, -0.25) is 14.5 Å². The first-order valence-electron chi connectivity index (χ1n) is 10.8. The van der Waals surface area contributed by atoms with Crippen LogP contribution < -0.4 is 4.74 Å². The van der Waals surface area contributed by atoms with Crippen LogP contribution in [0, 0.1) is 11.7 Å². The largest absolute Gasteiger partial charge is 0.496 e. The second-order valence-electron chi connectivity index (χ2n) is 8.03. The zero-order chi connectivity index (χ0) is 22.5. The number of ether oxygens (including phenoxy) is 2. The van der Waals surface area contributed by atoms with Crippen LogP contribution in [0.5, 0.6) is 5.75 Å². The number of carbonyl (C=O) groups excluding carboxylic acids is 1. The molecule has 1 unspecified atom stereocenters. The molecule has 1 aliphatic rings. The predicted octanol–water partition coefficient (Wildman–Crippen LogP) is 4.13. The smallest absolute Gasteiger partial charge is 0.243 e. The van der Waals surface area contributed by atoms with Crippen LogP contribution in [0.4, 0.5) is 0 Å². The molecule has 3 aromatic rings. The van der Waals surface area contributed by atoms with E-state index in [-0.39, 0.29) is 18.6 Å². The van der Waals surface area contributed by atoms with E-state index in [1.807, 2.05) is 60.4 Å². The molecule has 1 atom stereocenters. The van der Waals surface area contributed by atoms with Crippen LogP contribution >= 0.6 is 12.2 Å². The molecular formula is C24H28N4O3S. The minimum Gasteiger partial charge on any atom is -0.496 e. The van der Waals surface area contributed by atoms with Crippen molar-refractivity contribution in [2.24, 2.45) is 0 Å². The van der Waals surface area contributed by atoms with Gasteiger partial charge in [-0.1, -0.05) is 48.0 Å². The van der Waals surface area contributed by atoms with E-state index in [4.69, 9.17) is 21.7 Å². The van der Waals surface area contributed by atoms with E-state index in [0.29, 0.717) is 23.7 Å². The number of H-pyrrole nitrogens is 1. The van der Waals surface area contributed by atoms with Crippen LogP contribution in [0.1, 0.15) is 24.0 Å². The second kappa shape index (κ2) is 10.1. The normalized spacial score (nSPS) is 15.6. The number of methoxy groups -OCH3 is 1. The maximum Gasteiger partial charge on any atom is 0.243 e. The van der Waals surface area contributed by atoms with Gasteiger partial charge in [0.15, 0.2) is 10.6 Å². The fraction of sp³-hybridized carbons (Fsp3) is 0.375. The Kier molecular flexibility index (Phi) is 7.02. The highest BCUT2D eigenvalue weighted by molar-refractivity contribution is 7.71. The highest BCUT2D eigenvalue weighted by Gasteiger charge is 2.25. The average Bonchev–Trinajstić information content (AvgIpc) is 3.44. The van der Waals surface area contributed by atoms with Crippen LogP contribution in [0.25, 0.3) is 11.4 Å². The van der Waals surface area contributed by atoms with Crippen molar-refractivity contribution in [1.82, 2.24) is 19.7 Å². The molecule has 1 N–H and O–H groups in total. The van der Waals surface area contributed by atoms with Gasteiger partial charge in [0.2, 0.25) is 5.91 Å². The van der Waals surface area contributed by atoms with Crippen LogP contribution in [0.3, 0.4) is 0 Å². The Morgan fingerprint density at radius 3 is 2.78 bits per heavy atom. The average molecular weight is 453 g/mol. The summed E-state index contributed by atoms with van der Waals surface area (Å²) in [5, 5.41) is 7.21. The van der Waals surface area contributed by atoms with Crippen LogP contribution in [0.2, 0.25) is 0 Å². The van der Waals surface area contributed by atoms with Gasteiger partial charge in [0.25, 0.3) is 0 Å². The molecule has 1 saturated heterocycles. The summed E-state index contributed by atoms with van der Waals surface area (Å²) < 4.78 is 13.5. The lowest BCUT2D eigenvalue weighted by atomic mass is 10.1. The Morgan fingerprint density at radius 1 is 1.28 bits per heavy atom. The van der Waals surface area contributed by atoms with Crippen molar-refractivity contribution in [3.8, 4) is 17.1 Å². The molecule has 2 aromatic carbocycles. The van der Waals surface area contributed by atoms with E-state index in [2.05, 4.69) is 10.2 Å². The van der Waals surface area contributed by atoms with Gasteiger partial charge in [0.05, 0.1) is 13.2 Å². The van der Waals surface area contributed by atoms with Crippen molar-refractivity contribution < 1.29 is 14.3 Å². The zero-order valence-corrected chi connectivity index (χ0v) is 19.2. The fourth-order valence-corrected chi connectivity index (χ4v) is 4.15. The van der Waals surface area contributed by atoms with Crippen molar-refractivity contribution in [3.63, 3.8) is 0 Å². The summed E-state index contributed by atoms with van der Waals surface area (Å²) in [5.74, 6) is 1.37. The third-order valence-electron chi connectivity index (χ3n) is 5.72. The summed E-state index contributed by atoms with van der Waals surface area (Å²) >= 11 is 5.45. The minimum atomic E-state index is -0.0442. The highest BCUT2D eigenvalue weighted by Crippen LogP contribution is 2.23. The van der Waals surface area contributed by atoms with E-state index in [1.54, 1.807) is 11.7 Å². The van der Waals surface area contributed by atoms with E-state index >= 15 is 0 Å². The van der Waals surface area contributed by atoms with Crippen LogP contribution in [-0.2, 0) is 22.6 Å². The number of para-hydroxylation sites is 1. The molecule has 2 heterocycles. The number of rotatable bonds is 8. The molecule has 7 nitrogen and oxygen atoms in total. The third kappa shape index (κ3) is 5.08. The lowest BCUT2D eigenvalue weighted by molar-refractivity contribution is -0.134. The quantitative estimate of drug-likeness (QED) is 0.520. The van der Waals surface area contributed by atoms with Crippen LogP contribution in [0.15, 0.2) is 48.5 Å². The Bertz CT molecular complexity index is 1120. The molecule has 1 fully saturated rings. The summed E-state index contributed by atoms with van der Waals surface area (Å²) in [6, 6.07) is 15.8. The molecule has 4 rings (SSSR count). The third-order valence-corrected chi connectivity index (χ3v) is 6.03. The molecule has 1 aromatic heterocycles. The molecule has 0 spiro atoms. The maximum atomic E-state index is 13.5. The Labute approximate surface area is 193 Å². The topological polar surface area (TPSA) is 72.4 Å². The van der Waals surface area contributed by atoms with Gasteiger partial charge in [-0.2, -0.15) is 5.10 Å². The molecule has 8 heteroatoms. The first kappa shape index (κ1) is 22.2. The van der Waals surface area contributed by atoms with Crippen molar-refractivity contribution in [2.45, 2.75) is 39.0 Å². The Balaban J connectivity index is 1.59. The standard InChI is InChI=1S/C24H28N4O3S/c1-17-9-11-18(12-10-17)23-25-26-24(32)28(23)16-22(29)27(15-20-7-5-13-31-20)14-19-6-3-4-8-21(19)30-2/h3-4,6,8-12,20H,5,7,13-16H2,1-2H3,(H,26,32). The number of aromatic amines is 1. The van der Waals surface area contributed by atoms with E-state index < -0.39 is 0 Å². The number of nitrogens with zero attached hydrogens (tertiary/aromatic N) is 3. The molecule has 1 amide bonds. The minimum absolute atomic E-state index is 0.0440. The number of aromatic nitrogens is 3. The molecule has 168 valence electrons. The number of hydrogen-bond acceptors (Lipinski definition) is 5. The fourth-order valence-electron chi connectivity index (χ4n) is 3.95. The van der Waals surface area contributed by atoms with Crippen LogP contribution in [-0.4, -0.2) is 51.9 Å². The number of aryl methyl sites for hydroxylation is 1. The lowest BCUT2D eigenvalue weighted by Gasteiger charge is -2.26. The van der Waals surface area contributed by atoms with Crippen molar-refractivity contribution in [2.75, 3.05) is 20.3 Å². The molecule has 0 bridgehead atoms. The second-order valence-corrected chi connectivity index (χ2v) is 8.41. The number of amides is 1. The summed E-state index contributed by atoms with van der Waals surface area (Å²) in [5.41, 5.74) is 3.02. The molecule has 0 saturated carbocycles. The maximum absolute atomic E-state index is 13.5. The van der Waals surface area contributed by atoms with Gasteiger partial charge in [-0.05, 0) is 38.0 Å². The molecule has 0 aliphatic carbocycles. The van der Waals surface area contributed by atoms with E-state index in [0.717, 1.165) is 41.9 Å². The van der Waals surface area contributed by atoms with E-state index in [1.165, 1.54) is 0 Å². The molecule has 1 aliphatic heterocycles. The van der Waals surface area contributed by atoms with Crippen molar-refractivity contribution in [1.29, 1.82) is 0 Å². The summed E-state index contributed by atoms with van der Waals surface area (Å²) in [4.78, 5) is 15.3. The summed E-state index contributed by atoms with van der Waals surface area (Å²) in [6.45, 7) is 3.84. The lowest BCUT2D eigenvalue weighted by Crippen LogP contribution is -2.39. The van der Waals surface area contributed by atoms with Gasteiger partial charge in [0.1, 0.15) is 12.3 Å². The summed E-state index contributed by atoms with van der Waals surface area (Å²) in [7, 11) is 1.64. The van der Waals surface area contributed by atoms with Gasteiger partial charge in [-0.25, -0.2) is 0 Å².